The number of amides is 1. The first-order chi connectivity index (χ1) is 15.8. The normalized spacial score (nSPS) is 14.9. The molecule has 1 saturated heterocycles. The topological polar surface area (TPSA) is 62.2 Å². The highest BCUT2D eigenvalue weighted by atomic mass is 16.2. The Bertz CT molecular complexity index is 1210. The Morgan fingerprint density at radius 3 is 2.53 bits per heavy atom. The Morgan fingerprint density at radius 2 is 1.69 bits per heavy atom. The lowest BCUT2D eigenvalue weighted by Crippen LogP contribution is -2.35. The van der Waals surface area contributed by atoms with E-state index in [1.165, 1.54) is 5.56 Å². The first kappa shape index (κ1) is 20.3. The molecule has 2 aromatic heterocycles. The van der Waals surface area contributed by atoms with Crippen molar-refractivity contribution in [2.45, 2.75) is 13.0 Å². The molecule has 3 heterocycles. The zero-order valence-corrected chi connectivity index (χ0v) is 17.9. The number of hydrogen-bond donors (Lipinski definition) is 0. The molecule has 5 rings (SSSR count). The van der Waals surface area contributed by atoms with Crippen molar-refractivity contribution in [3.05, 3.63) is 90.3 Å². The second kappa shape index (κ2) is 9.24. The molecule has 0 radical (unpaired) electrons. The van der Waals surface area contributed by atoms with E-state index in [4.69, 9.17) is 0 Å². The van der Waals surface area contributed by atoms with Crippen LogP contribution in [0.2, 0.25) is 0 Å². The SMILES string of the molecule is O=C(c1c(-c2ccccc2)nnc2ccccc12)N1CCCN(Cc2cccnc2)CC1. The minimum Gasteiger partial charge on any atom is -0.337 e. The van der Waals surface area contributed by atoms with Crippen LogP contribution in [0.1, 0.15) is 22.3 Å². The third kappa shape index (κ3) is 4.22. The standard InChI is InChI=1S/C26H25N5O/c32-26(31-15-7-14-30(16-17-31)19-20-8-6-13-27-18-20)24-22-11-4-5-12-23(22)28-29-25(24)21-9-2-1-3-10-21/h1-6,8-13,18H,7,14-17,19H2. The summed E-state index contributed by atoms with van der Waals surface area (Å²) in [6.07, 6.45) is 4.64. The van der Waals surface area contributed by atoms with Crippen LogP contribution in [0.3, 0.4) is 0 Å². The molecular weight excluding hydrogens is 398 g/mol. The molecular formula is C26H25N5O. The second-order valence-electron chi connectivity index (χ2n) is 8.09. The quantitative estimate of drug-likeness (QED) is 0.496. The molecule has 4 aromatic rings. The fourth-order valence-electron chi connectivity index (χ4n) is 4.31. The molecule has 32 heavy (non-hydrogen) atoms. The molecule has 1 amide bonds. The third-order valence-corrected chi connectivity index (χ3v) is 5.93. The molecule has 0 atom stereocenters. The highest BCUT2D eigenvalue weighted by Crippen LogP contribution is 2.28. The Hall–Kier alpha value is -3.64. The number of fused-ring (bicyclic) bond motifs is 1. The Labute approximate surface area is 187 Å². The molecule has 160 valence electrons. The number of aromatic nitrogens is 3. The summed E-state index contributed by atoms with van der Waals surface area (Å²) in [5, 5.41) is 9.71. The van der Waals surface area contributed by atoms with Crippen molar-refractivity contribution >= 4 is 16.8 Å². The molecule has 2 aromatic carbocycles. The monoisotopic (exact) mass is 423 g/mol. The highest BCUT2D eigenvalue weighted by Gasteiger charge is 2.26. The lowest BCUT2D eigenvalue weighted by Gasteiger charge is -2.23. The van der Waals surface area contributed by atoms with Crippen molar-refractivity contribution in [3.8, 4) is 11.3 Å². The summed E-state index contributed by atoms with van der Waals surface area (Å²) in [5.41, 5.74) is 4.13. The summed E-state index contributed by atoms with van der Waals surface area (Å²) in [7, 11) is 0. The molecule has 6 heteroatoms. The van der Waals surface area contributed by atoms with E-state index in [-0.39, 0.29) is 5.91 Å². The van der Waals surface area contributed by atoms with E-state index in [9.17, 15) is 4.79 Å². The largest absolute Gasteiger partial charge is 0.337 e. The van der Waals surface area contributed by atoms with Gasteiger partial charge in [0.05, 0.1) is 11.1 Å². The number of rotatable bonds is 4. The lowest BCUT2D eigenvalue weighted by molar-refractivity contribution is 0.0763. The molecule has 1 aliphatic heterocycles. The first-order valence-corrected chi connectivity index (χ1v) is 11.0. The van der Waals surface area contributed by atoms with Crippen molar-refractivity contribution in [3.63, 3.8) is 0 Å². The van der Waals surface area contributed by atoms with E-state index >= 15 is 0 Å². The number of nitrogens with zero attached hydrogens (tertiary/aromatic N) is 5. The van der Waals surface area contributed by atoms with Gasteiger partial charge in [-0.05, 0) is 24.1 Å². The van der Waals surface area contributed by atoms with Gasteiger partial charge in [0.2, 0.25) is 0 Å². The van der Waals surface area contributed by atoms with E-state index in [0.717, 1.165) is 49.1 Å². The van der Waals surface area contributed by atoms with Crippen molar-refractivity contribution in [1.82, 2.24) is 25.0 Å². The number of benzene rings is 2. The van der Waals surface area contributed by atoms with Crippen LogP contribution < -0.4 is 0 Å². The van der Waals surface area contributed by atoms with E-state index in [0.29, 0.717) is 17.8 Å². The third-order valence-electron chi connectivity index (χ3n) is 5.93. The number of carbonyl (C=O) groups is 1. The molecule has 0 unspecified atom stereocenters. The van der Waals surface area contributed by atoms with Crippen LogP contribution in [-0.4, -0.2) is 57.1 Å². The molecule has 1 aliphatic rings. The van der Waals surface area contributed by atoms with Crippen LogP contribution in [0.5, 0.6) is 0 Å². The zero-order valence-electron chi connectivity index (χ0n) is 17.9. The zero-order chi connectivity index (χ0) is 21.8. The van der Waals surface area contributed by atoms with Gasteiger partial charge in [0.25, 0.3) is 5.91 Å². The smallest absolute Gasteiger partial charge is 0.256 e. The second-order valence-corrected chi connectivity index (χ2v) is 8.09. The van der Waals surface area contributed by atoms with Crippen LogP contribution in [-0.2, 0) is 6.54 Å². The van der Waals surface area contributed by atoms with E-state index < -0.39 is 0 Å². The van der Waals surface area contributed by atoms with Gasteiger partial charge >= 0.3 is 0 Å². The van der Waals surface area contributed by atoms with Crippen molar-refractivity contribution in [1.29, 1.82) is 0 Å². The average Bonchev–Trinajstić information content (AvgIpc) is 3.09. The van der Waals surface area contributed by atoms with Crippen LogP contribution >= 0.6 is 0 Å². The lowest BCUT2D eigenvalue weighted by atomic mass is 10.0. The summed E-state index contributed by atoms with van der Waals surface area (Å²) in [6.45, 7) is 4.05. The molecule has 1 fully saturated rings. The molecule has 0 N–H and O–H groups in total. The van der Waals surface area contributed by atoms with Crippen LogP contribution in [0, 0.1) is 0 Å². The van der Waals surface area contributed by atoms with Crippen molar-refractivity contribution in [2.75, 3.05) is 26.2 Å². The fraction of sp³-hybridized carbons (Fsp3) is 0.231. The molecule has 0 aliphatic carbocycles. The summed E-state index contributed by atoms with van der Waals surface area (Å²) in [4.78, 5) is 22.4. The molecule has 0 saturated carbocycles. The molecule has 6 nitrogen and oxygen atoms in total. The van der Waals surface area contributed by atoms with Gasteiger partial charge in [-0.1, -0.05) is 54.6 Å². The van der Waals surface area contributed by atoms with Crippen molar-refractivity contribution in [2.24, 2.45) is 0 Å². The van der Waals surface area contributed by atoms with E-state index in [1.54, 1.807) is 6.20 Å². The fourth-order valence-corrected chi connectivity index (χ4v) is 4.31. The van der Waals surface area contributed by atoms with Crippen LogP contribution in [0.4, 0.5) is 0 Å². The summed E-state index contributed by atoms with van der Waals surface area (Å²) in [5.74, 6) is 0.0261. The van der Waals surface area contributed by atoms with Gasteiger partial charge < -0.3 is 4.90 Å². The van der Waals surface area contributed by atoms with Crippen LogP contribution in [0.15, 0.2) is 79.1 Å². The van der Waals surface area contributed by atoms with Gasteiger partial charge in [-0.3, -0.25) is 14.7 Å². The first-order valence-electron chi connectivity index (χ1n) is 11.0. The minimum absolute atomic E-state index is 0.0261. The maximum absolute atomic E-state index is 13.9. The predicted molar refractivity (Wildman–Crippen MR) is 125 cm³/mol. The Morgan fingerprint density at radius 1 is 0.844 bits per heavy atom. The number of hydrogen-bond acceptors (Lipinski definition) is 5. The average molecular weight is 424 g/mol. The van der Waals surface area contributed by atoms with E-state index in [2.05, 4.69) is 26.1 Å². The maximum atomic E-state index is 13.9. The van der Waals surface area contributed by atoms with Gasteiger partial charge in [-0.25, -0.2) is 0 Å². The Kier molecular flexibility index (Phi) is 5.85. The summed E-state index contributed by atoms with van der Waals surface area (Å²) < 4.78 is 0. The summed E-state index contributed by atoms with van der Waals surface area (Å²) >= 11 is 0. The van der Waals surface area contributed by atoms with Gasteiger partial charge in [0.15, 0.2) is 0 Å². The van der Waals surface area contributed by atoms with Gasteiger partial charge in [0.1, 0.15) is 5.69 Å². The highest BCUT2D eigenvalue weighted by molar-refractivity contribution is 6.10. The van der Waals surface area contributed by atoms with E-state index in [1.807, 2.05) is 71.8 Å². The van der Waals surface area contributed by atoms with Gasteiger partial charge in [0, 0.05) is 56.1 Å². The predicted octanol–water partition coefficient (Wildman–Crippen LogP) is 4.04. The molecule has 0 spiro atoms. The Balaban J connectivity index is 1.44. The summed E-state index contributed by atoms with van der Waals surface area (Å²) in [6, 6.07) is 21.7. The number of carbonyl (C=O) groups excluding carboxylic acids is 1. The maximum Gasteiger partial charge on any atom is 0.256 e. The van der Waals surface area contributed by atoms with Crippen LogP contribution in [0.25, 0.3) is 22.2 Å². The van der Waals surface area contributed by atoms with Crippen molar-refractivity contribution < 1.29 is 4.79 Å². The molecule has 0 bridgehead atoms. The number of pyridine rings is 1. The van der Waals surface area contributed by atoms with Gasteiger partial charge in [-0.2, -0.15) is 0 Å². The van der Waals surface area contributed by atoms with Gasteiger partial charge in [-0.15, -0.1) is 10.2 Å². The minimum atomic E-state index is 0.0261.